The molecule has 0 unspecified atom stereocenters. The van der Waals surface area contributed by atoms with Crippen LogP contribution < -0.4 is 5.32 Å². The highest BCUT2D eigenvalue weighted by atomic mass is 16.1. The zero-order chi connectivity index (χ0) is 13.5. The second-order valence-electron chi connectivity index (χ2n) is 6.60. The molecule has 1 saturated carbocycles. The summed E-state index contributed by atoms with van der Waals surface area (Å²) in [7, 11) is 2.20. The Morgan fingerprint density at radius 3 is 2.58 bits per heavy atom. The fraction of sp³-hybridized carbons (Fsp3) is 0.938. The molecule has 0 spiro atoms. The number of likely N-dealkylation sites (tertiary alicyclic amines) is 1. The van der Waals surface area contributed by atoms with E-state index in [0.29, 0.717) is 0 Å². The SMILES string of the molecule is CN1CCC[C@@H](CCNC(=O)CCC2CCCC2)C1. The number of nitrogens with one attached hydrogen (secondary N) is 1. The van der Waals surface area contributed by atoms with Crippen LogP contribution in [0.2, 0.25) is 0 Å². The molecule has 3 heteroatoms. The molecule has 0 bridgehead atoms. The van der Waals surface area contributed by atoms with Gasteiger partial charge in [-0.2, -0.15) is 0 Å². The van der Waals surface area contributed by atoms with E-state index >= 15 is 0 Å². The molecular formula is C16H30N2O. The Bertz CT molecular complexity index is 274. The number of piperidine rings is 1. The summed E-state index contributed by atoms with van der Waals surface area (Å²) in [6.07, 6.45) is 11.1. The first kappa shape index (κ1) is 14.8. The Labute approximate surface area is 118 Å². The van der Waals surface area contributed by atoms with E-state index in [4.69, 9.17) is 0 Å². The highest BCUT2D eigenvalue weighted by Crippen LogP contribution is 2.28. The molecule has 19 heavy (non-hydrogen) atoms. The maximum Gasteiger partial charge on any atom is 0.220 e. The molecule has 0 aromatic heterocycles. The van der Waals surface area contributed by atoms with Gasteiger partial charge in [0.2, 0.25) is 5.91 Å². The molecule has 0 radical (unpaired) electrons. The van der Waals surface area contributed by atoms with Crippen molar-refractivity contribution in [2.75, 3.05) is 26.7 Å². The van der Waals surface area contributed by atoms with Gasteiger partial charge in [-0.3, -0.25) is 4.79 Å². The third kappa shape index (κ3) is 5.52. The molecule has 1 heterocycles. The van der Waals surface area contributed by atoms with E-state index in [0.717, 1.165) is 37.6 Å². The van der Waals surface area contributed by atoms with Gasteiger partial charge in [-0.1, -0.05) is 25.7 Å². The number of hydrogen-bond acceptors (Lipinski definition) is 2. The second kappa shape index (κ2) is 7.88. The number of carbonyl (C=O) groups excluding carboxylic acids is 1. The predicted octanol–water partition coefficient (Wildman–Crippen LogP) is 2.80. The first-order valence-corrected chi connectivity index (χ1v) is 8.19. The molecule has 1 saturated heterocycles. The number of carbonyl (C=O) groups is 1. The summed E-state index contributed by atoms with van der Waals surface area (Å²) in [6.45, 7) is 3.32. The van der Waals surface area contributed by atoms with E-state index in [1.54, 1.807) is 0 Å². The van der Waals surface area contributed by atoms with Crippen LogP contribution in [0.5, 0.6) is 0 Å². The fourth-order valence-electron chi connectivity index (χ4n) is 3.65. The maximum atomic E-state index is 11.8. The Morgan fingerprint density at radius 2 is 1.84 bits per heavy atom. The lowest BCUT2D eigenvalue weighted by Crippen LogP contribution is -2.34. The van der Waals surface area contributed by atoms with E-state index in [9.17, 15) is 4.79 Å². The zero-order valence-corrected chi connectivity index (χ0v) is 12.5. The van der Waals surface area contributed by atoms with Gasteiger partial charge in [-0.15, -0.1) is 0 Å². The van der Waals surface area contributed by atoms with Crippen LogP contribution in [0.1, 0.15) is 57.8 Å². The number of rotatable bonds is 6. The summed E-state index contributed by atoms with van der Waals surface area (Å²) in [5.41, 5.74) is 0. The summed E-state index contributed by atoms with van der Waals surface area (Å²) in [5.74, 6) is 1.89. The molecule has 0 aromatic rings. The molecule has 2 fully saturated rings. The number of nitrogens with zero attached hydrogens (tertiary/aromatic N) is 1. The highest BCUT2D eigenvalue weighted by molar-refractivity contribution is 5.75. The molecule has 0 aromatic carbocycles. The first-order chi connectivity index (χ1) is 9.24. The summed E-state index contributed by atoms with van der Waals surface area (Å²) in [4.78, 5) is 14.2. The average Bonchev–Trinajstić information content (AvgIpc) is 2.89. The van der Waals surface area contributed by atoms with Crippen LogP contribution in [0.4, 0.5) is 0 Å². The molecule has 1 aliphatic heterocycles. The average molecular weight is 266 g/mol. The fourth-order valence-corrected chi connectivity index (χ4v) is 3.65. The third-order valence-corrected chi connectivity index (χ3v) is 4.85. The molecule has 2 aliphatic rings. The van der Waals surface area contributed by atoms with Crippen molar-refractivity contribution >= 4 is 5.91 Å². The molecular weight excluding hydrogens is 236 g/mol. The zero-order valence-electron chi connectivity index (χ0n) is 12.5. The lowest BCUT2D eigenvalue weighted by atomic mass is 9.95. The van der Waals surface area contributed by atoms with Crippen LogP contribution >= 0.6 is 0 Å². The Morgan fingerprint density at radius 1 is 1.11 bits per heavy atom. The lowest BCUT2D eigenvalue weighted by molar-refractivity contribution is -0.121. The molecule has 3 nitrogen and oxygen atoms in total. The minimum Gasteiger partial charge on any atom is -0.356 e. The summed E-state index contributed by atoms with van der Waals surface area (Å²) in [6, 6.07) is 0. The molecule has 1 aliphatic carbocycles. The Hall–Kier alpha value is -0.570. The van der Waals surface area contributed by atoms with Crippen molar-refractivity contribution in [2.24, 2.45) is 11.8 Å². The third-order valence-electron chi connectivity index (χ3n) is 4.85. The smallest absolute Gasteiger partial charge is 0.220 e. The summed E-state index contributed by atoms with van der Waals surface area (Å²) in [5, 5.41) is 3.11. The first-order valence-electron chi connectivity index (χ1n) is 8.19. The van der Waals surface area contributed by atoms with Crippen LogP contribution in [0, 0.1) is 11.8 Å². The van der Waals surface area contributed by atoms with Crippen molar-refractivity contribution in [3.8, 4) is 0 Å². The van der Waals surface area contributed by atoms with Gasteiger partial charge in [0, 0.05) is 19.5 Å². The standard InChI is InChI=1S/C16H30N2O/c1-18-12-4-7-15(13-18)10-11-17-16(19)9-8-14-5-2-3-6-14/h14-15H,2-13H2,1H3,(H,17,19)/t15-/m0/s1. The summed E-state index contributed by atoms with van der Waals surface area (Å²) >= 11 is 0. The number of hydrogen-bond donors (Lipinski definition) is 1. The largest absolute Gasteiger partial charge is 0.356 e. The topological polar surface area (TPSA) is 32.3 Å². The van der Waals surface area contributed by atoms with Crippen LogP contribution in [0.15, 0.2) is 0 Å². The minimum absolute atomic E-state index is 0.274. The molecule has 1 atom stereocenters. The van der Waals surface area contributed by atoms with Crippen molar-refractivity contribution in [3.63, 3.8) is 0 Å². The van der Waals surface area contributed by atoms with Crippen molar-refractivity contribution in [2.45, 2.75) is 57.8 Å². The summed E-state index contributed by atoms with van der Waals surface area (Å²) < 4.78 is 0. The van der Waals surface area contributed by atoms with E-state index in [-0.39, 0.29) is 5.91 Å². The van der Waals surface area contributed by atoms with Crippen molar-refractivity contribution in [3.05, 3.63) is 0 Å². The van der Waals surface area contributed by atoms with Gasteiger partial charge in [-0.05, 0) is 51.1 Å². The maximum absolute atomic E-state index is 11.8. The van der Waals surface area contributed by atoms with Gasteiger partial charge in [0.15, 0.2) is 0 Å². The Kier molecular flexibility index (Phi) is 6.15. The van der Waals surface area contributed by atoms with Crippen LogP contribution in [0.25, 0.3) is 0 Å². The Balaban J connectivity index is 1.51. The monoisotopic (exact) mass is 266 g/mol. The van der Waals surface area contributed by atoms with E-state index in [2.05, 4.69) is 17.3 Å². The molecule has 2 rings (SSSR count). The van der Waals surface area contributed by atoms with Gasteiger partial charge < -0.3 is 10.2 Å². The van der Waals surface area contributed by atoms with Crippen LogP contribution in [-0.4, -0.2) is 37.5 Å². The van der Waals surface area contributed by atoms with Crippen molar-refractivity contribution < 1.29 is 4.79 Å². The van der Waals surface area contributed by atoms with Gasteiger partial charge >= 0.3 is 0 Å². The van der Waals surface area contributed by atoms with Gasteiger partial charge in [0.1, 0.15) is 0 Å². The van der Waals surface area contributed by atoms with Crippen molar-refractivity contribution in [1.29, 1.82) is 0 Å². The number of amides is 1. The molecule has 110 valence electrons. The lowest BCUT2D eigenvalue weighted by Gasteiger charge is -2.29. The normalized spacial score (nSPS) is 25.6. The second-order valence-corrected chi connectivity index (χ2v) is 6.60. The quantitative estimate of drug-likeness (QED) is 0.802. The molecule has 1 amide bonds. The minimum atomic E-state index is 0.274. The van der Waals surface area contributed by atoms with E-state index < -0.39 is 0 Å². The highest BCUT2D eigenvalue weighted by Gasteiger charge is 2.18. The van der Waals surface area contributed by atoms with Crippen LogP contribution in [-0.2, 0) is 4.79 Å². The van der Waals surface area contributed by atoms with Gasteiger partial charge in [0.25, 0.3) is 0 Å². The van der Waals surface area contributed by atoms with E-state index in [1.165, 1.54) is 51.6 Å². The van der Waals surface area contributed by atoms with E-state index in [1.807, 2.05) is 0 Å². The predicted molar refractivity (Wildman–Crippen MR) is 79.0 cm³/mol. The molecule has 1 N–H and O–H groups in total. The van der Waals surface area contributed by atoms with Crippen molar-refractivity contribution in [1.82, 2.24) is 10.2 Å². The van der Waals surface area contributed by atoms with Gasteiger partial charge in [0.05, 0.1) is 0 Å². The van der Waals surface area contributed by atoms with Crippen LogP contribution in [0.3, 0.4) is 0 Å². The van der Waals surface area contributed by atoms with Gasteiger partial charge in [-0.25, -0.2) is 0 Å².